The van der Waals surface area contributed by atoms with E-state index in [0.717, 1.165) is 35.7 Å². The van der Waals surface area contributed by atoms with Crippen LogP contribution in [0, 0.1) is 0 Å². The highest BCUT2D eigenvalue weighted by Gasteiger charge is 2.13. The number of rotatable bonds is 6. The molecular formula is C14H18ClN3O2. The lowest BCUT2D eigenvalue weighted by Crippen LogP contribution is -2.07. The second-order valence-electron chi connectivity index (χ2n) is 4.40. The van der Waals surface area contributed by atoms with Crippen LogP contribution >= 0.6 is 11.6 Å². The summed E-state index contributed by atoms with van der Waals surface area (Å²) < 4.78 is 12.5. The largest absolute Gasteiger partial charge is 0.497 e. The molecule has 0 spiro atoms. The topological polar surface area (TPSA) is 49.2 Å². The molecule has 1 heterocycles. The van der Waals surface area contributed by atoms with Crippen LogP contribution in [-0.2, 0) is 13.0 Å². The van der Waals surface area contributed by atoms with Gasteiger partial charge in [0.05, 0.1) is 20.8 Å². The molecule has 5 nitrogen and oxygen atoms in total. The van der Waals surface area contributed by atoms with Gasteiger partial charge in [0.2, 0.25) is 5.28 Å². The molecule has 0 aliphatic rings. The average Bonchev–Trinajstić information content (AvgIpc) is 2.81. The third-order valence-electron chi connectivity index (χ3n) is 3.08. The molecule has 0 fully saturated rings. The molecule has 1 aromatic heterocycles. The Bertz CT molecular complexity index is 584. The molecule has 0 saturated heterocycles. The first kappa shape index (κ1) is 14.7. The van der Waals surface area contributed by atoms with Gasteiger partial charge in [-0.1, -0.05) is 6.92 Å². The van der Waals surface area contributed by atoms with Crippen molar-refractivity contribution in [3.63, 3.8) is 0 Å². The van der Waals surface area contributed by atoms with E-state index in [4.69, 9.17) is 21.1 Å². The predicted molar refractivity (Wildman–Crippen MR) is 77.7 cm³/mol. The summed E-state index contributed by atoms with van der Waals surface area (Å²) in [7, 11) is 3.27. The van der Waals surface area contributed by atoms with Gasteiger partial charge in [0.1, 0.15) is 17.3 Å². The van der Waals surface area contributed by atoms with E-state index in [1.54, 1.807) is 14.2 Å². The van der Waals surface area contributed by atoms with Crippen molar-refractivity contribution >= 4 is 11.6 Å². The molecule has 0 amide bonds. The Morgan fingerprint density at radius 2 is 2.00 bits per heavy atom. The van der Waals surface area contributed by atoms with E-state index in [1.807, 2.05) is 22.8 Å². The van der Waals surface area contributed by atoms with Crippen molar-refractivity contribution in [1.82, 2.24) is 14.8 Å². The van der Waals surface area contributed by atoms with E-state index in [9.17, 15) is 0 Å². The van der Waals surface area contributed by atoms with Crippen LogP contribution in [0.3, 0.4) is 0 Å². The van der Waals surface area contributed by atoms with E-state index >= 15 is 0 Å². The van der Waals surface area contributed by atoms with Gasteiger partial charge in [0.15, 0.2) is 0 Å². The number of hydrogen-bond donors (Lipinski definition) is 0. The molecule has 2 aromatic rings. The number of aryl methyl sites for hydroxylation is 1. The third kappa shape index (κ3) is 3.04. The zero-order valence-corrected chi connectivity index (χ0v) is 12.6. The summed E-state index contributed by atoms with van der Waals surface area (Å²) in [5, 5.41) is 8.43. The van der Waals surface area contributed by atoms with Crippen LogP contribution in [0.25, 0.3) is 0 Å². The first-order valence-corrected chi connectivity index (χ1v) is 6.85. The lowest BCUT2D eigenvalue weighted by atomic mass is 10.2. The minimum atomic E-state index is 0.395. The molecule has 108 valence electrons. The summed E-state index contributed by atoms with van der Waals surface area (Å²) in [5.74, 6) is 2.40. The van der Waals surface area contributed by atoms with Gasteiger partial charge in [-0.15, -0.1) is 10.2 Å². The summed E-state index contributed by atoms with van der Waals surface area (Å²) in [6, 6.07) is 5.71. The summed E-state index contributed by atoms with van der Waals surface area (Å²) in [6.07, 6.45) is 1.84. The Morgan fingerprint density at radius 3 is 2.65 bits per heavy atom. The molecule has 0 aliphatic carbocycles. The fraction of sp³-hybridized carbons (Fsp3) is 0.429. The van der Waals surface area contributed by atoms with Gasteiger partial charge < -0.3 is 9.47 Å². The van der Waals surface area contributed by atoms with Gasteiger partial charge in [-0.2, -0.15) is 0 Å². The Balaban J connectivity index is 2.32. The van der Waals surface area contributed by atoms with Gasteiger partial charge in [-0.25, -0.2) is 0 Å². The van der Waals surface area contributed by atoms with Crippen LogP contribution < -0.4 is 9.47 Å². The number of ether oxygens (including phenoxy) is 2. The molecule has 0 atom stereocenters. The maximum atomic E-state index is 6.11. The van der Waals surface area contributed by atoms with Gasteiger partial charge >= 0.3 is 0 Å². The fourth-order valence-electron chi connectivity index (χ4n) is 2.03. The molecule has 0 unspecified atom stereocenters. The Labute approximate surface area is 123 Å². The van der Waals surface area contributed by atoms with Gasteiger partial charge in [-0.05, 0) is 30.2 Å². The molecule has 6 heteroatoms. The summed E-state index contributed by atoms with van der Waals surface area (Å²) >= 11 is 6.11. The average molecular weight is 296 g/mol. The first-order valence-electron chi connectivity index (χ1n) is 6.48. The molecule has 0 radical (unpaired) electrons. The molecular weight excluding hydrogens is 278 g/mol. The Morgan fingerprint density at radius 1 is 1.20 bits per heavy atom. The number of hydrogen-bond acceptors (Lipinski definition) is 4. The highest BCUT2D eigenvalue weighted by molar-refractivity contribution is 6.28. The van der Waals surface area contributed by atoms with Crippen LogP contribution in [-0.4, -0.2) is 29.0 Å². The van der Waals surface area contributed by atoms with Crippen LogP contribution in [0.15, 0.2) is 18.2 Å². The SMILES string of the molecule is CCCc1nnc(Cl)n1Cc1ccc(OC)cc1OC. The second kappa shape index (κ2) is 6.61. The van der Waals surface area contributed by atoms with Crippen LogP contribution in [0.4, 0.5) is 0 Å². The van der Waals surface area contributed by atoms with Crippen molar-refractivity contribution in [1.29, 1.82) is 0 Å². The van der Waals surface area contributed by atoms with Crippen molar-refractivity contribution in [2.45, 2.75) is 26.3 Å². The van der Waals surface area contributed by atoms with E-state index in [1.165, 1.54) is 0 Å². The van der Waals surface area contributed by atoms with Crippen LogP contribution in [0.1, 0.15) is 24.7 Å². The lowest BCUT2D eigenvalue weighted by molar-refractivity contribution is 0.390. The lowest BCUT2D eigenvalue weighted by Gasteiger charge is -2.12. The monoisotopic (exact) mass is 295 g/mol. The summed E-state index contributed by atoms with van der Waals surface area (Å²) in [6.45, 7) is 2.68. The quantitative estimate of drug-likeness (QED) is 0.822. The number of nitrogens with zero attached hydrogens (tertiary/aromatic N) is 3. The molecule has 0 aliphatic heterocycles. The molecule has 0 bridgehead atoms. The van der Waals surface area contributed by atoms with Gasteiger partial charge in [-0.3, -0.25) is 4.57 Å². The van der Waals surface area contributed by atoms with Gasteiger partial charge in [0, 0.05) is 18.1 Å². The summed E-state index contributed by atoms with van der Waals surface area (Å²) in [5.41, 5.74) is 1.01. The van der Waals surface area contributed by atoms with E-state index in [-0.39, 0.29) is 0 Å². The number of halogens is 1. The maximum absolute atomic E-state index is 6.11. The number of benzene rings is 1. The zero-order chi connectivity index (χ0) is 14.5. The number of methoxy groups -OCH3 is 2. The highest BCUT2D eigenvalue weighted by atomic mass is 35.5. The van der Waals surface area contributed by atoms with Gasteiger partial charge in [0.25, 0.3) is 0 Å². The maximum Gasteiger partial charge on any atom is 0.225 e. The smallest absolute Gasteiger partial charge is 0.225 e. The van der Waals surface area contributed by atoms with Crippen molar-refractivity contribution in [3.05, 3.63) is 34.9 Å². The van der Waals surface area contributed by atoms with Crippen molar-refractivity contribution < 1.29 is 9.47 Å². The molecule has 2 rings (SSSR count). The van der Waals surface area contributed by atoms with E-state index < -0.39 is 0 Å². The van der Waals surface area contributed by atoms with Crippen LogP contribution in [0.5, 0.6) is 11.5 Å². The van der Waals surface area contributed by atoms with E-state index in [2.05, 4.69) is 17.1 Å². The molecule has 1 aromatic carbocycles. The molecule has 0 saturated carbocycles. The van der Waals surface area contributed by atoms with Crippen molar-refractivity contribution in [2.75, 3.05) is 14.2 Å². The highest BCUT2D eigenvalue weighted by Crippen LogP contribution is 2.26. The van der Waals surface area contributed by atoms with Crippen molar-refractivity contribution in [2.24, 2.45) is 0 Å². The first-order chi connectivity index (χ1) is 9.69. The van der Waals surface area contributed by atoms with Crippen LogP contribution in [0.2, 0.25) is 5.28 Å². The Kier molecular flexibility index (Phi) is 4.84. The zero-order valence-electron chi connectivity index (χ0n) is 11.9. The normalized spacial score (nSPS) is 10.6. The second-order valence-corrected chi connectivity index (χ2v) is 4.74. The minimum absolute atomic E-state index is 0.395. The standard InChI is InChI=1S/C14H18ClN3O2/c1-4-5-13-16-17-14(15)18(13)9-10-6-7-11(19-2)8-12(10)20-3/h6-8H,4-5,9H2,1-3H3. The predicted octanol–water partition coefficient (Wildman–Crippen LogP) is 2.95. The molecule has 0 N–H and O–H groups in total. The van der Waals surface area contributed by atoms with Crippen molar-refractivity contribution in [3.8, 4) is 11.5 Å². The third-order valence-corrected chi connectivity index (χ3v) is 3.36. The molecule has 20 heavy (non-hydrogen) atoms. The van der Waals surface area contributed by atoms with E-state index in [0.29, 0.717) is 11.8 Å². The Hall–Kier alpha value is -1.75. The minimum Gasteiger partial charge on any atom is -0.497 e. The summed E-state index contributed by atoms with van der Waals surface area (Å²) in [4.78, 5) is 0. The number of aromatic nitrogens is 3. The fourth-order valence-corrected chi connectivity index (χ4v) is 2.23.